The second kappa shape index (κ2) is 5.41. The van der Waals surface area contributed by atoms with Gasteiger partial charge in [-0.2, -0.15) is 5.10 Å². The zero-order chi connectivity index (χ0) is 13.1. The average molecular weight is 312 g/mol. The molecule has 0 aliphatic heterocycles. The Bertz CT molecular complexity index is 554. The first-order chi connectivity index (χ1) is 8.71. The lowest BCUT2D eigenvalue weighted by Gasteiger charge is -2.09. The Morgan fingerprint density at radius 1 is 1.33 bits per heavy atom. The maximum Gasteiger partial charge on any atom is 0.128 e. The second-order valence-electron chi connectivity index (χ2n) is 3.64. The van der Waals surface area contributed by atoms with Crippen molar-refractivity contribution in [2.24, 2.45) is 5.73 Å². The highest BCUT2D eigenvalue weighted by Crippen LogP contribution is 2.37. The Morgan fingerprint density at radius 3 is 2.67 bits per heavy atom. The maximum atomic E-state index is 5.61. The second-order valence-corrected chi connectivity index (χ2v) is 4.43. The highest BCUT2D eigenvalue weighted by atomic mass is 79.9. The third kappa shape index (κ3) is 2.21. The van der Waals surface area contributed by atoms with Gasteiger partial charge in [0.1, 0.15) is 17.2 Å². The van der Waals surface area contributed by atoms with Gasteiger partial charge in [0.15, 0.2) is 0 Å². The molecular formula is C12H14BrN3O2. The van der Waals surface area contributed by atoms with Gasteiger partial charge in [0.05, 0.1) is 24.4 Å². The van der Waals surface area contributed by atoms with Crippen molar-refractivity contribution in [1.82, 2.24) is 10.2 Å². The predicted octanol–water partition coefficient (Wildman–Crippen LogP) is 2.32. The van der Waals surface area contributed by atoms with Crippen LogP contribution >= 0.6 is 15.9 Å². The minimum atomic E-state index is 0.389. The number of hydrogen-bond acceptors (Lipinski definition) is 4. The predicted molar refractivity (Wildman–Crippen MR) is 72.7 cm³/mol. The number of methoxy groups -OCH3 is 2. The van der Waals surface area contributed by atoms with Crippen LogP contribution in [-0.4, -0.2) is 24.4 Å². The number of nitrogens with zero attached hydrogens (tertiary/aromatic N) is 1. The van der Waals surface area contributed by atoms with Gasteiger partial charge in [0.25, 0.3) is 0 Å². The standard InChI is InChI=1S/C12H14BrN3O2/c1-17-7-3-4-10(18-2)8(5-7)12-11(13)9(6-14)15-16-12/h3-5H,6,14H2,1-2H3,(H,15,16). The van der Waals surface area contributed by atoms with Gasteiger partial charge in [-0.1, -0.05) is 0 Å². The number of benzene rings is 1. The number of nitrogens with one attached hydrogen (secondary N) is 1. The summed E-state index contributed by atoms with van der Waals surface area (Å²) in [7, 11) is 3.24. The van der Waals surface area contributed by atoms with E-state index in [1.807, 2.05) is 18.2 Å². The molecule has 0 aliphatic carbocycles. The first-order valence-corrected chi connectivity index (χ1v) is 6.15. The number of hydrogen-bond donors (Lipinski definition) is 2. The maximum absolute atomic E-state index is 5.61. The van der Waals surface area contributed by atoms with Crippen LogP contribution in [0, 0.1) is 0 Å². The van der Waals surface area contributed by atoms with Gasteiger partial charge >= 0.3 is 0 Å². The number of rotatable bonds is 4. The number of ether oxygens (including phenoxy) is 2. The zero-order valence-electron chi connectivity index (χ0n) is 10.2. The van der Waals surface area contributed by atoms with Crippen LogP contribution < -0.4 is 15.2 Å². The van der Waals surface area contributed by atoms with Gasteiger partial charge in [-0.25, -0.2) is 0 Å². The van der Waals surface area contributed by atoms with Crippen LogP contribution in [0.25, 0.3) is 11.3 Å². The molecule has 1 aromatic carbocycles. The lowest BCUT2D eigenvalue weighted by atomic mass is 10.1. The van der Waals surface area contributed by atoms with Crippen molar-refractivity contribution < 1.29 is 9.47 Å². The van der Waals surface area contributed by atoms with Crippen molar-refractivity contribution >= 4 is 15.9 Å². The molecule has 0 saturated carbocycles. The van der Waals surface area contributed by atoms with Gasteiger partial charge in [-0.15, -0.1) is 0 Å². The molecule has 18 heavy (non-hydrogen) atoms. The minimum absolute atomic E-state index is 0.389. The van der Waals surface area contributed by atoms with Crippen LogP contribution in [0.1, 0.15) is 5.69 Å². The summed E-state index contributed by atoms with van der Waals surface area (Å²) in [6.45, 7) is 0.389. The Hall–Kier alpha value is -1.53. The van der Waals surface area contributed by atoms with E-state index < -0.39 is 0 Å². The van der Waals surface area contributed by atoms with E-state index >= 15 is 0 Å². The molecule has 6 heteroatoms. The van der Waals surface area contributed by atoms with Crippen molar-refractivity contribution in [2.75, 3.05) is 14.2 Å². The summed E-state index contributed by atoms with van der Waals surface area (Å²) < 4.78 is 11.4. The van der Waals surface area contributed by atoms with Gasteiger partial charge < -0.3 is 15.2 Å². The van der Waals surface area contributed by atoms with Crippen molar-refractivity contribution in [3.63, 3.8) is 0 Å². The SMILES string of the molecule is COc1ccc(OC)c(-c2n[nH]c(CN)c2Br)c1. The largest absolute Gasteiger partial charge is 0.497 e. The molecule has 2 rings (SSSR count). The minimum Gasteiger partial charge on any atom is -0.497 e. The Kier molecular flexibility index (Phi) is 3.88. The summed E-state index contributed by atoms with van der Waals surface area (Å²) in [4.78, 5) is 0. The summed E-state index contributed by atoms with van der Waals surface area (Å²) in [5, 5.41) is 7.15. The van der Waals surface area contributed by atoms with E-state index in [-0.39, 0.29) is 0 Å². The summed E-state index contributed by atoms with van der Waals surface area (Å²) in [5.74, 6) is 1.47. The van der Waals surface area contributed by atoms with Gasteiger partial charge in [-0.3, -0.25) is 5.10 Å². The van der Waals surface area contributed by atoms with Gasteiger partial charge in [0, 0.05) is 12.1 Å². The third-order valence-corrected chi connectivity index (χ3v) is 3.50. The normalized spacial score (nSPS) is 10.4. The quantitative estimate of drug-likeness (QED) is 0.908. The molecule has 0 aliphatic rings. The lowest BCUT2D eigenvalue weighted by molar-refractivity contribution is 0.404. The van der Waals surface area contributed by atoms with E-state index in [1.165, 1.54) is 0 Å². The number of aromatic nitrogens is 2. The molecule has 1 aromatic heterocycles. The van der Waals surface area contributed by atoms with E-state index in [9.17, 15) is 0 Å². The Balaban J connectivity index is 2.57. The highest BCUT2D eigenvalue weighted by molar-refractivity contribution is 9.10. The van der Waals surface area contributed by atoms with E-state index in [2.05, 4.69) is 26.1 Å². The molecule has 1 heterocycles. The summed E-state index contributed by atoms with van der Waals surface area (Å²) >= 11 is 3.49. The average Bonchev–Trinajstić information content (AvgIpc) is 2.78. The van der Waals surface area contributed by atoms with E-state index in [0.717, 1.165) is 32.9 Å². The number of aromatic amines is 1. The van der Waals surface area contributed by atoms with Crippen LogP contribution in [0.2, 0.25) is 0 Å². The third-order valence-electron chi connectivity index (χ3n) is 2.64. The molecular weight excluding hydrogens is 298 g/mol. The molecule has 0 saturated heterocycles. The van der Waals surface area contributed by atoms with E-state index in [1.54, 1.807) is 14.2 Å². The van der Waals surface area contributed by atoms with E-state index in [4.69, 9.17) is 15.2 Å². The summed E-state index contributed by atoms with van der Waals surface area (Å²) in [6, 6.07) is 5.56. The number of H-pyrrole nitrogens is 1. The van der Waals surface area contributed by atoms with Gasteiger partial charge in [-0.05, 0) is 34.1 Å². The Morgan fingerprint density at radius 2 is 2.11 bits per heavy atom. The first kappa shape index (κ1) is 12.9. The molecule has 0 fully saturated rings. The lowest BCUT2D eigenvalue weighted by Crippen LogP contribution is -1.96. The number of halogens is 1. The summed E-state index contributed by atoms with van der Waals surface area (Å²) in [6.07, 6.45) is 0. The molecule has 0 bridgehead atoms. The molecule has 0 spiro atoms. The van der Waals surface area contributed by atoms with Crippen molar-refractivity contribution in [2.45, 2.75) is 6.54 Å². The fourth-order valence-corrected chi connectivity index (χ4v) is 2.23. The smallest absolute Gasteiger partial charge is 0.128 e. The molecule has 5 nitrogen and oxygen atoms in total. The molecule has 0 radical (unpaired) electrons. The zero-order valence-corrected chi connectivity index (χ0v) is 11.7. The van der Waals surface area contributed by atoms with Crippen molar-refractivity contribution in [3.8, 4) is 22.8 Å². The first-order valence-electron chi connectivity index (χ1n) is 5.36. The fourth-order valence-electron chi connectivity index (χ4n) is 1.68. The number of nitrogens with two attached hydrogens (primary N) is 1. The van der Waals surface area contributed by atoms with Crippen LogP contribution in [-0.2, 0) is 6.54 Å². The van der Waals surface area contributed by atoms with Crippen LogP contribution in [0.5, 0.6) is 11.5 Å². The molecule has 2 aromatic rings. The summed E-state index contributed by atoms with van der Waals surface area (Å²) in [5.41, 5.74) is 8.06. The molecule has 0 amide bonds. The topological polar surface area (TPSA) is 73.2 Å². The molecule has 0 atom stereocenters. The van der Waals surface area contributed by atoms with E-state index in [0.29, 0.717) is 6.54 Å². The molecule has 0 unspecified atom stereocenters. The molecule has 3 N–H and O–H groups in total. The van der Waals surface area contributed by atoms with Crippen molar-refractivity contribution in [3.05, 3.63) is 28.4 Å². The van der Waals surface area contributed by atoms with Crippen LogP contribution in [0.15, 0.2) is 22.7 Å². The van der Waals surface area contributed by atoms with Crippen molar-refractivity contribution in [1.29, 1.82) is 0 Å². The molecule has 96 valence electrons. The van der Waals surface area contributed by atoms with Crippen LogP contribution in [0.3, 0.4) is 0 Å². The monoisotopic (exact) mass is 311 g/mol. The van der Waals surface area contributed by atoms with Crippen LogP contribution in [0.4, 0.5) is 0 Å². The Labute approximate surface area is 113 Å². The highest BCUT2D eigenvalue weighted by Gasteiger charge is 2.16. The van der Waals surface area contributed by atoms with Gasteiger partial charge in [0.2, 0.25) is 0 Å². The fraction of sp³-hybridized carbons (Fsp3) is 0.250.